The molecule has 1 unspecified atom stereocenters. The fraction of sp³-hybridized carbons (Fsp3) is 0.812. The van der Waals surface area contributed by atoms with Crippen molar-refractivity contribution in [1.29, 1.82) is 0 Å². The molecule has 1 saturated carbocycles. The Hall–Kier alpha value is -2.02. The highest BCUT2D eigenvalue weighted by Gasteiger charge is 2.51. The van der Waals surface area contributed by atoms with Crippen molar-refractivity contribution in [2.75, 3.05) is 39.3 Å². The Morgan fingerprint density at radius 3 is 2.33 bits per heavy atom. The molecule has 7 heteroatoms. The first-order chi connectivity index (χ1) is 18.7. The van der Waals surface area contributed by atoms with E-state index >= 15 is 0 Å². The topological polar surface area (TPSA) is 66.2 Å². The Morgan fingerprint density at radius 1 is 1.03 bits per heavy atom. The van der Waals surface area contributed by atoms with E-state index in [1.807, 2.05) is 24.8 Å². The van der Waals surface area contributed by atoms with Gasteiger partial charge in [-0.15, -0.1) is 0 Å². The van der Waals surface area contributed by atoms with Gasteiger partial charge in [0, 0.05) is 63.6 Å². The highest BCUT2D eigenvalue weighted by atomic mass is 16.6. The number of carbonyl (C=O) groups excluding carboxylic acids is 2. The lowest BCUT2D eigenvalue weighted by Gasteiger charge is -2.55. The Bertz CT molecular complexity index is 997. The summed E-state index contributed by atoms with van der Waals surface area (Å²) in [5.74, 6) is 2.67. The van der Waals surface area contributed by atoms with Gasteiger partial charge in [-0.3, -0.25) is 9.69 Å². The van der Waals surface area contributed by atoms with Crippen molar-refractivity contribution >= 4 is 12.0 Å². The Morgan fingerprint density at radius 2 is 1.72 bits per heavy atom. The van der Waals surface area contributed by atoms with E-state index in [1.54, 1.807) is 0 Å². The molecule has 2 amide bonds. The van der Waals surface area contributed by atoms with Crippen molar-refractivity contribution in [3.05, 3.63) is 23.2 Å². The summed E-state index contributed by atoms with van der Waals surface area (Å²) in [5.41, 5.74) is 0.464. The number of piperidine rings is 2. The summed E-state index contributed by atoms with van der Waals surface area (Å²) >= 11 is 0. The number of hydrogen-bond donors (Lipinski definition) is 0. The van der Waals surface area contributed by atoms with Crippen molar-refractivity contribution in [2.24, 2.45) is 11.8 Å². The quantitative estimate of drug-likeness (QED) is 0.391. The normalized spacial score (nSPS) is 26.2. The van der Waals surface area contributed by atoms with Crippen molar-refractivity contribution in [3.8, 4) is 0 Å². The van der Waals surface area contributed by atoms with Crippen molar-refractivity contribution < 1.29 is 18.7 Å². The minimum absolute atomic E-state index is 0.0652. The number of amides is 2. The number of likely N-dealkylation sites (tertiary alicyclic amines) is 2. The summed E-state index contributed by atoms with van der Waals surface area (Å²) in [6, 6.07) is 1.87. The first-order valence-corrected chi connectivity index (χ1v) is 15.8. The fourth-order valence-electron chi connectivity index (χ4n) is 7.92. The van der Waals surface area contributed by atoms with Crippen LogP contribution in [0.15, 0.2) is 10.5 Å². The van der Waals surface area contributed by atoms with Gasteiger partial charge in [0.2, 0.25) is 0 Å². The van der Waals surface area contributed by atoms with Crippen LogP contribution in [0.4, 0.5) is 4.79 Å². The van der Waals surface area contributed by atoms with Gasteiger partial charge in [0.1, 0.15) is 17.1 Å². The maximum absolute atomic E-state index is 13.3. The summed E-state index contributed by atoms with van der Waals surface area (Å²) in [5, 5.41) is 0. The Balaban J connectivity index is 1.19. The van der Waals surface area contributed by atoms with Gasteiger partial charge >= 0.3 is 6.09 Å². The number of aryl methyl sites for hydroxylation is 2. The van der Waals surface area contributed by atoms with E-state index in [-0.39, 0.29) is 23.1 Å². The van der Waals surface area contributed by atoms with Crippen LogP contribution >= 0.6 is 0 Å². The molecule has 5 rings (SSSR count). The van der Waals surface area contributed by atoms with Gasteiger partial charge in [-0.1, -0.05) is 39.0 Å². The second-order valence-electron chi connectivity index (χ2n) is 13.3. The van der Waals surface area contributed by atoms with Gasteiger partial charge in [0.15, 0.2) is 0 Å². The smallest absolute Gasteiger partial charge is 0.410 e. The van der Waals surface area contributed by atoms with Crippen LogP contribution in [-0.4, -0.2) is 77.1 Å². The molecule has 3 aliphatic heterocycles. The van der Waals surface area contributed by atoms with Gasteiger partial charge in [-0.2, -0.15) is 0 Å². The van der Waals surface area contributed by atoms with Gasteiger partial charge < -0.3 is 19.0 Å². The van der Waals surface area contributed by atoms with Crippen molar-refractivity contribution in [2.45, 2.75) is 116 Å². The van der Waals surface area contributed by atoms with Crippen molar-refractivity contribution in [3.63, 3.8) is 0 Å². The molecule has 1 atom stereocenters. The van der Waals surface area contributed by atoms with E-state index in [2.05, 4.69) is 23.6 Å². The molecule has 1 aliphatic carbocycles. The van der Waals surface area contributed by atoms with Crippen molar-refractivity contribution in [1.82, 2.24) is 14.7 Å². The van der Waals surface area contributed by atoms with E-state index in [0.29, 0.717) is 23.2 Å². The summed E-state index contributed by atoms with van der Waals surface area (Å²) in [4.78, 5) is 33.1. The molecule has 4 fully saturated rings. The van der Waals surface area contributed by atoms with Crippen LogP contribution in [0.5, 0.6) is 0 Å². The van der Waals surface area contributed by atoms with Crippen LogP contribution in [0.25, 0.3) is 0 Å². The minimum atomic E-state index is -0.310. The molecule has 1 aromatic rings. The standard InChI is InChI=1S/C32H51N3O4/c1-5-6-12-27-23-34(22-26-10-8-7-9-11-26)30(37)39-32(27)15-19-35(20-16-32)31(4)13-17-33(18-14-31)29(36)28-21-24(2)38-25(28)3/h21,26-27H,5-20,22-23H2,1-4H3. The first kappa shape index (κ1) is 28.5. The molecule has 7 nitrogen and oxygen atoms in total. The molecular weight excluding hydrogens is 490 g/mol. The van der Waals surface area contributed by atoms with E-state index < -0.39 is 0 Å². The molecule has 0 radical (unpaired) electrons. The zero-order valence-electron chi connectivity index (χ0n) is 24.9. The molecule has 218 valence electrons. The van der Waals surface area contributed by atoms with E-state index in [9.17, 15) is 9.59 Å². The number of furan rings is 1. The summed E-state index contributed by atoms with van der Waals surface area (Å²) < 4.78 is 12.1. The average Bonchev–Trinajstić information content (AvgIpc) is 3.28. The van der Waals surface area contributed by atoms with Gasteiger partial charge in [0.05, 0.1) is 5.56 Å². The Labute approximate surface area is 235 Å². The molecule has 1 spiro atoms. The monoisotopic (exact) mass is 541 g/mol. The zero-order chi connectivity index (χ0) is 27.6. The SMILES string of the molecule is CCCCC1CN(CC2CCCCC2)C(=O)OC12CCN(C1(C)CCN(C(=O)c3cc(C)oc3C)CC1)CC2. The fourth-order valence-corrected chi connectivity index (χ4v) is 7.92. The highest BCUT2D eigenvalue weighted by molar-refractivity contribution is 5.95. The van der Waals surface area contributed by atoms with Crippen LogP contribution in [-0.2, 0) is 4.74 Å². The maximum atomic E-state index is 13.3. The molecule has 0 N–H and O–H groups in total. The number of unbranched alkanes of at least 4 members (excludes halogenated alkanes) is 1. The highest BCUT2D eigenvalue weighted by Crippen LogP contribution is 2.43. The molecule has 0 bridgehead atoms. The number of rotatable bonds is 7. The average molecular weight is 542 g/mol. The lowest BCUT2D eigenvalue weighted by Crippen LogP contribution is -2.63. The van der Waals surface area contributed by atoms with Crippen LogP contribution in [0.3, 0.4) is 0 Å². The van der Waals surface area contributed by atoms with Crippen LogP contribution < -0.4 is 0 Å². The van der Waals surface area contributed by atoms with Crippen LogP contribution in [0.1, 0.15) is 113 Å². The first-order valence-electron chi connectivity index (χ1n) is 15.8. The number of carbonyl (C=O) groups is 2. The maximum Gasteiger partial charge on any atom is 0.410 e. The van der Waals surface area contributed by atoms with E-state index in [0.717, 1.165) is 77.1 Å². The summed E-state index contributed by atoms with van der Waals surface area (Å²) in [7, 11) is 0. The predicted molar refractivity (Wildman–Crippen MR) is 153 cm³/mol. The second kappa shape index (κ2) is 11.8. The molecule has 1 aromatic heterocycles. The van der Waals surface area contributed by atoms with E-state index in [1.165, 1.54) is 44.9 Å². The molecule has 39 heavy (non-hydrogen) atoms. The number of ether oxygens (including phenoxy) is 1. The summed E-state index contributed by atoms with van der Waals surface area (Å²) in [6.45, 7) is 13.6. The molecule has 0 aromatic carbocycles. The third-order valence-corrected chi connectivity index (χ3v) is 10.6. The molecular formula is C32H51N3O4. The molecule has 4 aliphatic rings. The van der Waals surface area contributed by atoms with Gasteiger partial charge in [0.25, 0.3) is 5.91 Å². The Kier molecular flexibility index (Phi) is 8.65. The third kappa shape index (κ3) is 6.03. The number of hydrogen-bond acceptors (Lipinski definition) is 5. The van der Waals surface area contributed by atoms with Gasteiger partial charge in [-0.05, 0) is 64.9 Å². The van der Waals surface area contributed by atoms with Gasteiger partial charge in [-0.25, -0.2) is 4.79 Å². The zero-order valence-corrected chi connectivity index (χ0v) is 24.9. The molecule has 3 saturated heterocycles. The van der Waals surface area contributed by atoms with Crippen LogP contribution in [0, 0.1) is 25.7 Å². The summed E-state index contributed by atoms with van der Waals surface area (Å²) in [6.07, 6.45) is 13.7. The predicted octanol–water partition coefficient (Wildman–Crippen LogP) is 6.56. The number of nitrogens with zero attached hydrogens (tertiary/aromatic N) is 3. The van der Waals surface area contributed by atoms with Crippen LogP contribution in [0.2, 0.25) is 0 Å². The minimum Gasteiger partial charge on any atom is -0.466 e. The lowest BCUT2D eigenvalue weighted by molar-refractivity contribution is -0.134. The lowest BCUT2D eigenvalue weighted by atomic mass is 9.74. The second-order valence-corrected chi connectivity index (χ2v) is 13.3. The largest absolute Gasteiger partial charge is 0.466 e. The third-order valence-electron chi connectivity index (χ3n) is 10.6. The molecule has 4 heterocycles. The van der Waals surface area contributed by atoms with E-state index in [4.69, 9.17) is 9.15 Å².